The van der Waals surface area contributed by atoms with Gasteiger partial charge in [0.2, 0.25) is 5.71 Å². The van der Waals surface area contributed by atoms with Gasteiger partial charge in [-0.05, 0) is 64.2 Å². The Bertz CT molecular complexity index is 1150. The van der Waals surface area contributed by atoms with Gasteiger partial charge < -0.3 is 9.80 Å². The first-order valence-electron chi connectivity index (χ1n) is 11.0. The standard InChI is InChI=1S/C29H32N3/c1-30(2)23-15-11-21(12-16-23)29(22-13-17-24(18-14-22)31(3)4)27-19-20-28(32(5)6)26-10-8-7-9-25(26)27/h7-20H,1-6H3/q+1. The average Bonchev–Trinajstić information content (AvgIpc) is 2.80. The second-order valence-electron chi connectivity index (χ2n) is 8.83. The van der Waals surface area contributed by atoms with E-state index in [1.807, 2.05) is 0 Å². The molecule has 0 unspecified atom stereocenters. The summed E-state index contributed by atoms with van der Waals surface area (Å²) in [5.74, 6) is 0. The van der Waals surface area contributed by atoms with Gasteiger partial charge in [-0.1, -0.05) is 42.5 Å². The molecule has 0 heterocycles. The lowest BCUT2D eigenvalue weighted by atomic mass is 9.83. The van der Waals surface area contributed by atoms with Crippen molar-refractivity contribution in [3.05, 3.63) is 107 Å². The van der Waals surface area contributed by atoms with Crippen LogP contribution >= 0.6 is 0 Å². The minimum atomic E-state index is 1.20. The first-order valence-corrected chi connectivity index (χ1v) is 11.0. The fourth-order valence-electron chi connectivity index (χ4n) is 4.22. The lowest BCUT2D eigenvalue weighted by molar-refractivity contribution is -0.463. The summed E-state index contributed by atoms with van der Waals surface area (Å²) in [6.07, 6.45) is 4.51. The van der Waals surface area contributed by atoms with E-state index in [1.165, 1.54) is 50.5 Å². The largest absolute Gasteiger partial charge is 0.378 e. The highest BCUT2D eigenvalue weighted by atomic mass is 15.1. The molecule has 1 aliphatic carbocycles. The molecule has 32 heavy (non-hydrogen) atoms. The normalized spacial score (nSPS) is 12.4. The third-order valence-electron chi connectivity index (χ3n) is 6.00. The molecular weight excluding hydrogens is 390 g/mol. The number of hydrogen-bond donors (Lipinski definition) is 0. The van der Waals surface area contributed by atoms with Crippen LogP contribution in [0.1, 0.15) is 22.3 Å². The highest BCUT2D eigenvalue weighted by Gasteiger charge is 2.23. The molecule has 3 heteroatoms. The summed E-state index contributed by atoms with van der Waals surface area (Å²) in [7, 11) is 12.5. The number of allylic oxidation sites excluding steroid dienone is 3. The van der Waals surface area contributed by atoms with Crippen LogP contribution in [-0.4, -0.2) is 52.6 Å². The third kappa shape index (κ3) is 4.11. The predicted octanol–water partition coefficient (Wildman–Crippen LogP) is 5.41. The van der Waals surface area contributed by atoms with E-state index in [1.54, 1.807) is 0 Å². The molecule has 0 atom stereocenters. The minimum Gasteiger partial charge on any atom is -0.378 e. The highest BCUT2D eigenvalue weighted by Crippen LogP contribution is 2.37. The molecule has 0 N–H and O–H groups in total. The summed E-state index contributed by atoms with van der Waals surface area (Å²) >= 11 is 0. The lowest BCUT2D eigenvalue weighted by Gasteiger charge is -2.21. The number of rotatable bonds is 4. The molecule has 0 spiro atoms. The van der Waals surface area contributed by atoms with Gasteiger partial charge >= 0.3 is 0 Å². The van der Waals surface area contributed by atoms with Crippen molar-refractivity contribution < 1.29 is 4.58 Å². The van der Waals surface area contributed by atoms with E-state index in [-0.39, 0.29) is 0 Å². The van der Waals surface area contributed by atoms with E-state index in [0.717, 1.165) is 0 Å². The molecular formula is C29H32N3+. The van der Waals surface area contributed by atoms with Gasteiger partial charge in [0.25, 0.3) is 0 Å². The number of fused-ring (bicyclic) bond motifs is 1. The zero-order valence-corrected chi connectivity index (χ0v) is 19.9. The molecule has 0 saturated carbocycles. The highest BCUT2D eigenvalue weighted by molar-refractivity contribution is 6.17. The molecule has 3 nitrogen and oxygen atoms in total. The van der Waals surface area contributed by atoms with Gasteiger partial charge in [0.15, 0.2) is 0 Å². The molecule has 1 aliphatic rings. The Morgan fingerprint density at radius 3 is 1.50 bits per heavy atom. The Morgan fingerprint density at radius 2 is 1.06 bits per heavy atom. The number of hydrogen-bond acceptors (Lipinski definition) is 2. The van der Waals surface area contributed by atoms with E-state index in [4.69, 9.17) is 0 Å². The van der Waals surface area contributed by atoms with Crippen LogP contribution in [0, 0.1) is 0 Å². The van der Waals surface area contributed by atoms with Gasteiger partial charge in [0, 0.05) is 45.6 Å². The van der Waals surface area contributed by atoms with Gasteiger partial charge in [0.05, 0.1) is 5.56 Å². The van der Waals surface area contributed by atoms with Gasteiger partial charge in [0.1, 0.15) is 14.1 Å². The Kier molecular flexibility index (Phi) is 6.00. The van der Waals surface area contributed by atoms with Crippen molar-refractivity contribution in [3.63, 3.8) is 0 Å². The summed E-state index contributed by atoms with van der Waals surface area (Å²) in [5, 5.41) is 0. The van der Waals surface area contributed by atoms with Crippen LogP contribution in [0.5, 0.6) is 0 Å². The Balaban J connectivity index is 1.98. The smallest absolute Gasteiger partial charge is 0.207 e. The van der Waals surface area contributed by atoms with Crippen molar-refractivity contribution in [1.82, 2.24) is 0 Å². The minimum absolute atomic E-state index is 1.20. The van der Waals surface area contributed by atoms with Gasteiger partial charge in [-0.3, -0.25) is 0 Å². The van der Waals surface area contributed by atoms with Gasteiger partial charge in [-0.15, -0.1) is 0 Å². The molecule has 0 aromatic heterocycles. The Morgan fingerprint density at radius 1 is 0.594 bits per heavy atom. The third-order valence-corrected chi connectivity index (χ3v) is 6.00. The first-order chi connectivity index (χ1) is 15.4. The summed E-state index contributed by atoms with van der Waals surface area (Å²) in [6.45, 7) is 0. The quantitative estimate of drug-likeness (QED) is 0.520. The number of benzene rings is 3. The number of nitrogens with zero attached hydrogens (tertiary/aromatic N) is 3. The summed E-state index contributed by atoms with van der Waals surface area (Å²) in [4.78, 5) is 4.27. The lowest BCUT2D eigenvalue weighted by Crippen LogP contribution is -2.17. The SMILES string of the molecule is CN(C)c1ccc(C(=C2C=CC(=[N+](C)C)c3ccccc32)c2ccc(N(C)C)cc2)cc1. The molecule has 0 fully saturated rings. The van der Waals surface area contributed by atoms with Crippen molar-refractivity contribution in [1.29, 1.82) is 0 Å². The van der Waals surface area contributed by atoms with Crippen LogP contribution in [0.3, 0.4) is 0 Å². The molecule has 0 saturated heterocycles. The zero-order valence-electron chi connectivity index (χ0n) is 19.9. The van der Waals surface area contributed by atoms with Crippen LogP contribution < -0.4 is 9.80 Å². The zero-order chi connectivity index (χ0) is 22.8. The molecule has 0 amide bonds. The van der Waals surface area contributed by atoms with Crippen LogP contribution in [0.2, 0.25) is 0 Å². The molecule has 0 radical (unpaired) electrons. The van der Waals surface area contributed by atoms with Crippen LogP contribution in [-0.2, 0) is 0 Å². The van der Waals surface area contributed by atoms with Crippen molar-refractivity contribution in [2.45, 2.75) is 0 Å². The molecule has 3 aromatic rings. The van der Waals surface area contributed by atoms with Crippen molar-refractivity contribution in [2.75, 3.05) is 52.1 Å². The predicted molar refractivity (Wildman–Crippen MR) is 139 cm³/mol. The summed E-state index contributed by atoms with van der Waals surface area (Å²) in [5.41, 5.74) is 11.1. The van der Waals surface area contributed by atoms with Crippen LogP contribution in [0.15, 0.2) is 84.9 Å². The first kappa shape index (κ1) is 21.6. The second kappa shape index (κ2) is 8.88. The van der Waals surface area contributed by atoms with E-state index in [0.29, 0.717) is 0 Å². The number of anilines is 2. The maximum atomic E-state index is 2.27. The van der Waals surface area contributed by atoms with Crippen molar-refractivity contribution in [2.24, 2.45) is 0 Å². The Hall–Kier alpha value is -3.59. The molecule has 4 rings (SSSR count). The van der Waals surface area contributed by atoms with Crippen LogP contribution in [0.4, 0.5) is 11.4 Å². The molecule has 162 valence electrons. The van der Waals surface area contributed by atoms with Crippen molar-refractivity contribution in [3.8, 4) is 0 Å². The van der Waals surface area contributed by atoms with E-state index in [2.05, 4.69) is 142 Å². The molecule has 0 bridgehead atoms. The van der Waals surface area contributed by atoms with E-state index >= 15 is 0 Å². The maximum Gasteiger partial charge on any atom is 0.207 e. The average molecular weight is 423 g/mol. The molecule has 0 aliphatic heterocycles. The fraction of sp³-hybridized carbons (Fsp3) is 0.207. The topological polar surface area (TPSA) is 9.49 Å². The van der Waals surface area contributed by atoms with Gasteiger partial charge in [-0.25, -0.2) is 4.58 Å². The van der Waals surface area contributed by atoms with E-state index in [9.17, 15) is 0 Å². The molecule has 3 aromatic carbocycles. The summed E-state index contributed by atoms with van der Waals surface area (Å²) < 4.78 is 2.18. The fourth-order valence-corrected chi connectivity index (χ4v) is 4.22. The van der Waals surface area contributed by atoms with Crippen LogP contribution in [0.25, 0.3) is 11.1 Å². The summed E-state index contributed by atoms with van der Waals surface area (Å²) in [6, 6.07) is 26.4. The van der Waals surface area contributed by atoms with Gasteiger partial charge in [-0.2, -0.15) is 0 Å². The van der Waals surface area contributed by atoms with E-state index < -0.39 is 0 Å². The Labute approximate surface area is 192 Å². The maximum absolute atomic E-state index is 2.27. The second-order valence-corrected chi connectivity index (χ2v) is 8.83. The monoisotopic (exact) mass is 422 g/mol. The van der Waals surface area contributed by atoms with Crippen molar-refractivity contribution >= 4 is 28.2 Å².